The summed E-state index contributed by atoms with van der Waals surface area (Å²) in [6.07, 6.45) is 0.111. The van der Waals surface area contributed by atoms with Crippen LogP contribution in [-0.2, 0) is 9.47 Å². The Hall–Kier alpha value is -0.380. The number of ether oxygens (including phenoxy) is 2. The lowest BCUT2D eigenvalue weighted by molar-refractivity contribution is -0.235. The normalized spacial score (nSPS) is 33.8. The van der Waals surface area contributed by atoms with Gasteiger partial charge in [0.1, 0.15) is 0 Å². The highest BCUT2D eigenvalue weighted by Gasteiger charge is 2.55. The van der Waals surface area contributed by atoms with E-state index in [1.807, 2.05) is 6.92 Å². The minimum Gasteiger partial charge on any atom is -0.389 e. The van der Waals surface area contributed by atoms with E-state index in [1.54, 1.807) is 0 Å². The average molecular weight is 212 g/mol. The number of aliphatic hydroxyl groups is 1. The maximum atomic E-state index is 9.99. The van der Waals surface area contributed by atoms with Gasteiger partial charge in [-0.05, 0) is 19.4 Å². The van der Waals surface area contributed by atoms with Crippen LogP contribution in [0.25, 0.3) is 0 Å². The van der Waals surface area contributed by atoms with Crippen molar-refractivity contribution in [1.82, 2.24) is 0 Å². The van der Waals surface area contributed by atoms with E-state index in [0.717, 1.165) is 5.57 Å². The lowest BCUT2D eigenvalue weighted by atomic mass is 9.68. The maximum absolute atomic E-state index is 9.99. The van der Waals surface area contributed by atoms with Gasteiger partial charge in [-0.15, -0.1) is 0 Å². The molecule has 1 spiro atoms. The molecular weight excluding hydrogens is 192 g/mol. The van der Waals surface area contributed by atoms with E-state index >= 15 is 0 Å². The summed E-state index contributed by atoms with van der Waals surface area (Å²) in [5.41, 5.74) is 2.08. The molecule has 0 amide bonds. The van der Waals surface area contributed by atoms with E-state index in [2.05, 4.69) is 20.8 Å². The minimum atomic E-state index is -0.615. The molecule has 0 aromatic heterocycles. The highest BCUT2D eigenvalue weighted by atomic mass is 16.7. The standard InChI is InChI=1S/C12H20O3/c1-8-9(2)11(3,4)12(7-10(8)13)14-5-6-15-12/h10,13H,5-7H2,1-4H3/t10-/m1/s1. The summed E-state index contributed by atoms with van der Waals surface area (Å²) in [7, 11) is 0. The molecule has 86 valence electrons. The van der Waals surface area contributed by atoms with E-state index in [-0.39, 0.29) is 5.41 Å². The first-order valence-electron chi connectivity index (χ1n) is 5.54. The zero-order valence-electron chi connectivity index (χ0n) is 9.96. The molecule has 1 aliphatic carbocycles. The Labute approximate surface area is 91.1 Å². The molecule has 1 N–H and O–H groups in total. The largest absolute Gasteiger partial charge is 0.389 e. The second-order valence-corrected chi connectivity index (χ2v) is 5.10. The molecule has 2 rings (SSSR count). The molecule has 1 atom stereocenters. The Morgan fingerprint density at radius 3 is 2.27 bits per heavy atom. The first-order valence-corrected chi connectivity index (χ1v) is 5.54. The van der Waals surface area contributed by atoms with Crippen LogP contribution in [0.3, 0.4) is 0 Å². The molecule has 3 nitrogen and oxygen atoms in total. The van der Waals surface area contributed by atoms with E-state index in [4.69, 9.17) is 9.47 Å². The summed E-state index contributed by atoms with van der Waals surface area (Å²) in [6, 6.07) is 0. The van der Waals surface area contributed by atoms with Crippen molar-refractivity contribution >= 4 is 0 Å². The van der Waals surface area contributed by atoms with Crippen LogP contribution < -0.4 is 0 Å². The van der Waals surface area contributed by atoms with Gasteiger partial charge in [-0.1, -0.05) is 19.4 Å². The Morgan fingerprint density at radius 2 is 1.73 bits per heavy atom. The minimum absolute atomic E-state index is 0.160. The fourth-order valence-electron chi connectivity index (χ4n) is 2.62. The molecule has 2 aliphatic rings. The van der Waals surface area contributed by atoms with Crippen LogP contribution in [0.1, 0.15) is 34.1 Å². The first kappa shape index (κ1) is 11.1. The predicted molar refractivity (Wildman–Crippen MR) is 57.4 cm³/mol. The molecule has 0 aromatic carbocycles. The predicted octanol–water partition coefficient (Wildman–Crippen LogP) is 1.86. The van der Waals surface area contributed by atoms with Crippen LogP contribution in [0, 0.1) is 5.41 Å². The SMILES string of the molecule is CC1=C(C)C(C)(C)C2(C[C@H]1O)OCCO2. The molecule has 1 heterocycles. The fourth-order valence-corrected chi connectivity index (χ4v) is 2.62. The van der Waals surface area contributed by atoms with Crippen molar-refractivity contribution in [2.24, 2.45) is 5.41 Å². The zero-order chi connectivity index (χ0) is 11.3. The Bertz CT molecular complexity index is 298. The monoisotopic (exact) mass is 212 g/mol. The lowest BCUT2D eigenvalue weighted by Gasteiger charge is -2.48. The summed E-state index contributed by atoms with van der Waals surface area (Å²) in [6.45, 7) is 9.56. The van der Waals surface area contributed by atoms with Crippen LogP contribution in [0.5, 0.6) is 0 Å². The van der Waals surface area contributed by atoms with Crippen molar-refractivity contribution in [3.63, 3.8) is 0 Å². The molecule has 1 saturated heterocycles. The van der Waals surface area contributed by atoms with Crippen LogP contribution in [0.4, 0.5) is 0 Å². The highest BCUT2D eigenvalue weighted by molar-refractivity contribution is 5.28. The summed E-state index contributed by atoms with van der Waals surface area (Å²) >= 11 is 0. The molecule has 0 saturated carbocycles. The number of rotatable bonds is 0. The quantitative estimate of drug-likeness (QED) is 0.623. The van der Waals surface area contributed by atoms with Gasteiger partial charge in [-0.25, -0.2) is 0 Å². The van der Waals surface area contributed by atoms with E-state index in [0.29, 0.717) is 19.6 Å². The summed E-state index contributed by atoms with van der Waals surface area (Å²) in [5.74, 6) is -0.615. The van der Waals surface area contributed by atoms with E-state index in [9.17, 15) is 5.11 Å². The van der Waals surface area contributed by atoms with Crippen LogP contribution >= 0.6 is 0 Å². The van der Waals surface area contributed by atoms with Gasteiger partial charge in [0.15, 0.2) is 5.79 Å². The maximum Gasteiger partial charge on any atom is 0.180 e. The third-order valence-corrected chi connectivity index (χ3v) is 4.20. The van der Waals surface area contributed by atoms with Crippen LogP contribution in [0.15, 0.2) is 11.1 Å². The van der Waals surface area contributed by atoms with Gasteiger partial charge in [0.25, 0.3) is 0 Å². The second kappa shape index (κ2) is 3.30. The van der Waals surface area contributed by atoms with Crippen molar-refractivity contribution < 1.29 is 14.6 Å². The smallest absolute Gasteiger partial charge is 0.180 e. The summed E-state index contributed by atoms with van der Waals surface area (Å²) in [5, 5.41) is 9.99. The number of aliphatic hydroxyl groups excluding tert-OH is 1. The highest BCUT2D eigenvalue weighted by Crippen LogP contribution is 2.51. The van der Waals surface area contributed by atoms with Crippen molar-refractivity contribution in [2.45, 2.75) is 46.0 Å². The molecule has 0 radical (unpaired) electrons. The first-order chi connectivity index (χ1) is 6.91. The van der Waals surface area contributed by atoms with Crippen molar-refractivity contribution in [1.29, 1.82) is 0 Å². The Kier molecular flexibility index (Phi) is 2.45. The van der Waals surface area contributed by atoms with E-state index in [1.165, 1.54) is 5.57 Å². The lowest BCUT2D eigenvalue weighted by Crippen LogP contribution is -2.52. The van der Waals surface area contributed by atoms with Gasteiger partial charge in [0.2, 0.25) is 0 Å². The number of hydrogen-bond donors (Lipinski definition) is 1. The van der Waals surface area contributed by atoms with Gasteiger partial charge >= 0.3 is 0 Å². The molecule has 0 bridgehead atoms. The third-order valence-electron chi connectivity index (χ3n) is 4.20. The Balaban J connectivity index is 2.45. The molecule has 3 heteroatoms. The topological polar surface area (TPSA) is 38.7 Å². The van der Waals surface area contributed by atoms with Crippen molar-refractivity contribution in [2.75, 3.05) is 13.2 Å². The van der Waals surface area contributed by atoms with Crippen LogP contribution in [0.2, 0.25) is 0 Å². The zero-order valence-corrected chi connectivity index (χ0v) is 9.96. The molecule has 0 unspecified atom stereocenters. The van der Waals surface area contributed by atoms with Gasteiger partial charge in [-0.2, -0.15) is 0 Å². The third kappa shape index (κ3) is 1.37. The summed E-state index contributed by atoms with van der Waals surface area (Å²) < 4.78 is 11.5. The van der Waals surface area contributed by atoms with Gasteiger partial charge in [-0.3, -0.25) is 0 Å². The Morgan fingerprint density at radius 1 is 1.20 bits per heavy atom. The van der Waals surface area contributed by atoms with Crippen molar-refractivity contribution in [3.8, 4) is 0 Å². The van der Waals surface area contributed by atoms with E-state index < -0.39 is 11.9 Å². The fraction of sp³-hybridized carbons (Fsp3) is 0.833. The van der Waals surface area contributed by atoms with Gasteiger partial charge < -0.3 is 14.6 Å². The molecule has 0 aromatic rings. The van der Waals surface area contributed by atoms with Gasteiger partial charge in [0.05, 0.1) is 19.3 Å². The average Bonchev–Trinajstić information content (AvgIpc) is 2.63. The van der Waals surface area contributed by atoms with Crippen LogP contribution in [-0.4, -0.2) is 30.2 Å². The molecular formula is C12H20O3. The second-order valence-electron chi connectivity index (χ2n) is 5.10. The summed E-state index contributed by atoms with van der Waals surface area (Å²) in [4.78, 5) is 0. The molecule has 15 heavy (non-hydrogen) atoms. The molecule has 1 fully saturated rings. The van der Waals surface area contributed by atoms with Crippen molar-refractivity contribution in [3.05, 3.63) is 11.1 Å². The number of hydrogen-bond acceptors (Lipinski definition) is 3. The molecule has 1 aliphatic heterocycles. The van der Waals surface area contributed by atoms with Gasteiger partial charge in [0, 0.05) is 11.8 Å².